The molecule has 0 bridgehead atoms. The summed E-state index contributed by atoms with van der Waals surface area (Å²) >= 11 is 0. The van der Waals surface area contributed by atoms with Crippen molar-refractivity contribution in [3.8, 4) is 0 Å². The van der Waals surface area contributed by atoms with E-state index >= 15 is 0 Å². The summed E-state index contributed by atoms with van der Waals surface area (Å²) in [6.07, 6.45) is 5.52. The molecule has 118 valence electrons. The van der Waals surface area contributed by atoms with Crippen molar-refractivity contribution in [2.75, 3.05) is 6.54 Å². The molecular weight excluding hydrogens is 272 g/mol. The molecule has 0 aliphatic carbocycles. The topological polar surface area (TPSA) is 25.2 Å². The minimum atomic E-state index is 0.156. The number of nitrogens with zero attached hydrogens (tertiary/aromatic N) is 2. The van der Waals surface area contributed by atoms with Crippen LogP contribution in [0.2, 0.25) is 0 Å². The first-order valence-corrected chi connectivity index (χ1v) is 8.14. The molecule has 3 heteroatoms. The molecule has 0 radical (unpaired) electrons. The lowest BCUT2D eigenvalue weighted by Crippen LogP contribution is -2.30. The van der Waals surface area contributed by atoms with E-state index in [4.69, 9.17) is 0 Å². The molecule has 0 N–H and O–H groups in total. The van der Waals surface area contributed by atoms with Gasteiger partial charge in [-0.1, -0.05) is 50.1 Å². The van der Waals surface area contributed by atoms with Crippen molar-refractivity contribution in [3.05, 3.63) is 59.9 Å². The molecule has 1 aromatic carbocycles. The number of aromatic nitrogens is 1. The highest BCUT2D eigenvalue weighted by molar-refractivity contribution is 5.73. The van der Waals surface area contributed by atoms with E-state index in [0.717, 1.165) is 19.5 Å². The quantitative estimate of drug-likeness (QED) is 0.674. The van der Waals surface area contributed by atoms with Gasteiger partial charge >= 0.3 is 0 Å². The summed E-state index contributed by atoms with van der Waals surface area (Å²) in [5.74, 6) is 0.156. The van der Waals surface area contributed by atoms with Crippen LogP contribution in [-0.4, -0.2) is 21.9 Å². The monoisotopic (exact) mass is 298 g/mol. The van der Waals surface area contributed by atoms with Gasteiger partial charge in [0.05, 0.1) is 6.54 Å². The van der Waals surface area contributed by atoms with Crippen molar-refractivity contribution < 1.29 is 4.79 Å². The second-order valence-corrected chi connectivity index (χ2v) is 5.76. The van der Waals surface area contributed by atoms with Crippen LogP contribution in [-0.2, 0) is 17.9 Å². The molecule has 0 saturated carbocycles. The number of carbonyl (C=O) groups excluding carboxylic acids is 1. The highest BCUT2D eigenvalue weighted by Gasteiger charge is 2.11. The van der Waals surface area contributed by atoms with Crippen LogP contribution >= 0.6 is 0 Å². The van der Waals surface area contributed by atoms with Crippen LogP contribution in [0.4, 0.5) is 0 Å². The molecule has 0 aliphatic heterocycles. The molecule has 0 aliphatic rings. The Bertz CT molecular complexity index is 574. The van der Waals surface area contributed by atoms with E-state index in [1.54, 1.807) is 6.92 Å². The van der Waals surface area contributed by atoms with E-state index < -0.39 is 0 Å². The fourth-order valence-electron chi connectivity index (χ4n) is 2.62. The molecule has 0 unspecified atom stereocenters. The average Bonchev–Trinajstić information content (AvgIpc) is 2.94. The second-order valence-electron chi connectivity index (χ2n) is 5.76. The van der Waals surface area contributed by atoms with Crippen molar-refractivity contribution in [2.24, 2.45) is 0 Å². The maximum Gasteiger partial charge on any atom is 0.219 e. The number of amides is 1. The molecule has 3 nitrogen and oxygen atoms in total. The Morgan fingerprint density at radius 1 is 1.09 bits per heavy atom. The normalized spacial score (nSPS) is 10.6. The summed E-state index contributed by atoms with van der Waals surface area (Å²) < 4.78 is 2.23. The van der Waals surface area contributed by atoms with E-state index in [1.165, 1.54) is 24.1 Å². The van der Waals surface area contributed by atoms with Gasteiger partial charge in [0.2, 0.25) is 5.91 Å². The number of hydrogen-bond donors (Lipinski definition) is 0. The molecule has 0 saturated heterocycles. The summed E-state index contributed by atoms with van der Waals surface area (Å²) in [6, 6.07) is 14.6. The van der Waals surface area contributed by atoms with Crippen LogP contribution in [0.3, 0.4) is 0 Å². The zero-order chi connectivity index (χ0) is 15.8. The van der Waals surface area contributed by atoms with Crippen molar-refractivity contribution in [1.82, 2.24) is 9.47 Å². The first kappa shape index (κ1) is 16.3. The Morgan fingerprint density at radius 3 is 2.55 bits per heavy atom. The summed E-state index contributed by atoms with van der Waals surface area (Å²) in [6.45, 7) is 6.24. The molecule has 2 aromatic rings. The molecule has 2 rings (SSSR count). The Kier molecular flexibility index (Phi) is 6.26. The van der Waals surface area contributed by atoms with Gasteiger partial charge in [0.1, 0.15) is 0 Å². The van der Waals surface area contributed by atoms with Crippen molar-refractivity contribution in [2.45, 2.75) is 46.2 Å². The molecule has 1 amide bonds. The van der Waals surface area contributed by atoms with Crippen LogP contribution < -0.4 is 0 Å². The summed E-state index contributed by atoms with van der Waals surface area (Å²) in [5, 5.41) is 0. The molecule has 1 heterocycles. The molecule has 22 heavy (non-hydrogen) atoms. The van der Waals surface area contributed by atoms with Gasteiger partial charge in [-0.2, -0.15) is 0 Å². The van der Waals surface area contributed by atoms with Crippen LogP contribution in [0, 0.1) is 0 Å². The number of carbonyl (C=O) groups is 1. The third-order valence-electron chi connectivity index (χ3n) is 3.95. The second kappa shape index (κ2) is 8.42. The summed E-state index contributed by atoms with van der Waals surface area (Å²) in [4.78, 5) is 13.8. The number of unbranched alkanes of at least 4 members (excludes halogenated alkanes) is 2. The van der Waals surface area contributed by atoms with Crippen molar-refractivity contribution >= 4 is 5.91 Å². The minimum Gasteiger partial charge on any atom is -0.345 e. The Hall–Kier alpha value is -2.03. The van der Waals surface area contributed by atoms with Gasteiger partial charge < -0.3 is 9.47 Å². The number of rotatable bonds is 8. The Morgan fingerprint density at radius 2 is 1.86 bits per heavy atom. The van der Waals surface area contributed by atoms with Crippen LogP contribution in [0.5, 0.6) is 0 Å². The lowest BCUT2D eigenvalue weighted by atomic mass is 10.2. The first-order chi connectivity index (χ1) is 10.7. The zero-order valence-corrected chi connectivity index (χ0v) is 13.7. The maximum absolute atomic E-state index is 11.9. The van der Waals surface area contributed by atoms with Gasteiger partial charge in [-0.05, 0) is 24.1 Å². The van der Waals surface area contributed by atoms with E-state index in [1.807, 2.05) is 11.0 Å². The Labute approximate surface area is 133 Å². The van der Waals surface area contributed by atoms with Gasteiger partial charge in [-0.25, -0.2) is 0 Å². The largest absolute Gasteiger partial charge is 0.345 e. The van der Waals surface area contributed by atoms with Gasteiger partial charge in [-0.15, -0.1) is 0 Å². The lowest BCUT2D eigenvalue weighted by Gasteiger charge is -2.22. The third kappa shape index (κ3) is 4.76. The Balaban J connectivity index is 2.02. The van der Waals surface area contributed by atoms with Crippen molar-refractivity contribution in [1.29, 1.82) is 0 Å². The van der Waals surface area contributed by atoms with Gasteiger partial charge in [0.25, 0.3) is 0 Å². The maximum atomic E-state index is 11.9. The SMILES string of the molecule is CCCCCN(Cc1cccn1Cc1ccccc1)C(C)=O. The van der Waals surface area contributed by atoms with E-state index in [0.29, 0.717) is 6.54 Å². The zero-order valence-electron chi connectivity index (χ0n) is 13.7. The van der Waals surface area contributed by atoms with Crippen LogP contribution in [0.25, 0.3) is 0 Å². The number of benzene rings is 1. The predicted molar refractivity (Wildman–Crippen MR) is 90.6 cm³/mol. The highest BCUT2D eigenvalue weighted by atomic mass is 16.2. The summed E-state index contributed by atoms with van der Waals surface area (Å²) in [5.41, 5.74) is 2.47. The van der Waals surface area contributed by atoms with Gasteiger partial charge in [0, 0.05) is 31.9 Å². The highest BCUT2D eigenvalue weighted by Crippen LogP contribution is 2.11. The molecule has 0 fully saturated rings. The average molecular weight is 298 g/mol. The first-order valence-electron chi connectivity index (χ1n) is 8.14. The lowest BCUT2D eigenvalue weighted by molar-refractivity contribution is -0.129. The predicted octanol–water partition coefficient (Wildman–Crippen LogP) is 4.08. The standard InChI is InChI=1S/C19H26N2O/c1-3-4-8-13-20(17(2)22)16-19-12-9-14-21(19)15-18-10-6-5-7-11-18/h5-7,9-12,14H,3-4,8,13,15-16H2,1-2H3. The van der Waals surface area contributed by atoms with E-state index in [2.05, 4.69) is 54.1 Å². The van der Waals surface area contributed by atoms with Crippen molar-refractivity contribution in [3.63, 3.8) is 0 Å². The van der Waals surface area contributed by atoms with E-state index in [-0.39, 0.29) is 5.91 Å². The van der Waals surface area contributed by atoms with Gasteiger partial charge in [-0.3, -0.25) is 4.79 Å². The molecular formula is C19H26N2O. The fourth-order valence-corrected chi connectivity index (χ4v) is 2.62. The fraction of sp³-hybridized carbons (Fsp3) is 0.421. The van der Waals surface area contributed by atoms with Crippen LogP contribution in [0.15, 0.2) is 48.7 Å². The smallest absolute Gasteiger partial charge is 0.219 e. The molecule has 0 atom stereocenters. The number of hydrogen-bond acceptors (Lipinski definition) is 1. The third-order valence-corrected chi connectivity index (χ3v) is 3.95. The van der Waals surface area contributed by atoms with Crippen LogP contribution in [0.1, 0.15) is 44.4 Å². The molecule has 0 spiro atoms. The van der Waals surface area contributed by atoms with E-state index in [9.17, 15) is 4.79 Å². The molecule has 1 aromatic heterocycles. The summed E-state index contributed by atoms with van der Waals surface area (Å²) in [7, 11) is 0. The van der Waals surface area contributed by atoms with Gasteiger partial charge in [0.15, 0.2) is 0 Å². The minimum absolute atomic E-state index is 0.156.